The summed E-state index contributed by atoms with van der Waals surface area (Å²) in [5.41, 5.74) is 2.28. The Balaban J connectivity index is 2.00. The van der Waals surface area contributed by atoms with E-state index in [9.17, 15) is 0 Å². The van der Waals surface area contributed by atoms with Crippen LogP contribution >= 0.6 is 15.9 Å². The van der Waals surface area contributed by atoms with Gasteiger partial charge in [-0.25, -0.2) is 0 Å². The van der Waals surface area contributed by atoms with Gasteiger partial charge >= 0.3 is 0 Å². The van der Waals surface area contributed by atoms with Crippen molar-refractivity contribution in [3.8, 4) is 5.75 Å². The number of benzene rings is 2. The summed E-state index contributed by atoms with van der Waals surface area (Å²) >= 11 is 3.44. The second-order valence-corrected chi connectivity index (χ2v) is 5.24. The van der Waals surface area contributed by atoms with Crippen LogP contribution in [0.25, 0.3) is 0 Å². The van der Waals surface area contributed by atoms with Crippen molar-refractivity contribution >= 4 is 21.6 Å². The first-order valence-electron chi connectivity index (χ1n) is 6.49. The quantitative estimate of drug-likeness (QED) is 0.821. The molecule has 2 nitrogen and oxygen atoms in total. The van der Waals surface area contributed by atoms with E-state index in [2.05, 4.69) is 52.4 Å². The molecule has 2 rings (SSSR count). The third-order valence-corrected chi connectivity index (χ3v) is 3.27. The highest BCUT2D eigenvalue weighted by atomic mass is 79.9. The fourth-order valence-electron chi connectivity index (χ4n) is 1.75. The van der Waals surface area contributed by atoms with E-state index < -0.39 is 0 Å². The fraction of sp³-hybridized carbons (Fsp3) is 0.250. The first-order valence-corrected chi connectivity index (χ1v) is 7.29. The van der Waals surface area contributed by atoms with Crippen LogP contribution < -0.4 is 10.1 Å². The lowest BCUT2D eigenvalue weighted by Crippen LogP contribution is -2.03. The van der Waals surface area contributed by atoms with Crippen molar-refractivity contribution in [3.05, 3.63) is 58.6 Å². The number of hydrogen-bond donors (Lipinski definition) is 1. The molecule has 0 spiro atoms. The lowest BCUT2D eigenvalue weighted by Gasteiger charge is -2.12. The molecule has 0 saturated heterocycles. The molecule has 19 heavy (non-hydrogen) atoms. The van der Waals surface area contributed by atoms with E-state index in [-0.39, 0.29) is 0 Å². The van der Waals surface area contributed by atoms with Crippen LogP contribution in [0.15, 0.2) is 53.0 Å². The molecule has 3 heteroatoms. The predicted octanol–water partition coefficient (Wildman–Crippen LogP) is 4.85. The molecule has 0 aliphatic carbocycles. The van der Waals surface area contributed by atoms with E-state index in [0.717, 1.165) is 35.5 Å². The first kappa shape index (κ1) is 13.9. The van der Waals surface area contributed by atoms with Crippen molar-refractivity contribution in [2.75, 3.05) is 11.9 Å². The van der Waals surface area contributed by atoms with Crippen molar-refractivity contribution in [2.45, 2.75) is 19.9 Å². The van der Waals surface area contributed by atoms with E-state index in [1.54, 1.807) is 0 Å². The Hall–Kier alpha value is -1.48. The van der Waals surface area contributed by atoms with E-state index in [0.29, 0.717) is 0 Å². The van der Waals surface area contributed by atoms with E-state index >= 15 is 0 Å². The highest BCUT2D eigenvalue weighted by Gasteiger charge is 2.02. The minimum atomic E-state index is 0.747. The summed E-state index contributed by atoms with van der Waals surface area (Å²) in [7, 11) is 0. The Morgan fingerprint density at radius 3 is 2.53 bits per heavy atom. The van der Waals surface area contributed by atoms with Crippen LogP contribution in [0.2, 0.25) is 0 Å². The maximum absolute atomic E-state index is 5.72. The van der Waals surface area contributed by atoms with Gasteiger partial charge in [0.2, 0.25) is 0 Å². The second-order valence-electron chi connectivity index (χ2n) is 4.32. The van der Waals surface area contributed by atoms with Crippen LogP contribution in [-0.4, -0.2) is 6.61 Å². The molecule has 0 bridgehead atoms. The lowest BCUT2D eigenvalue weighted by atomic mass is 10.2. The molecule has 2 aromatic carbocycles. The predicted molar refractivity (Wildman–Crippen MR) is 83.7 cm³/mol. The number of para-hydroxylation sites is 2. The zero-order valence-corrected chi connectivity index (χ0v) is 12.6. The smallest absolute Gasteiger partial charge is 0.142 e. The summed E-state index contributed by atoms with van der Waals surface area (Å²) in [6.07, 6.45) is 1.01. The van der Waals surface area contributed by atoms with Gasteiger partial charge in [0.15, 0.2) is 0 Å². The maximum atomic E-state index is 5.72. The Kier molecular flexibility index (Phi) is 5.28. The first-order chi connectivity index (χ1) is 9.29. The van der Waals surface area contributed by atoms with Gasteiger partial charge in [0.1, 0.15) is 5.75 Å². The molecule has 1 N–H and O–H groups in total. The summed E-state index contributed by atoms with van der Waals surface area (Å²) in [6.45, 7) is 3.65. The molecular weight excluding hydrogens is 302 g/mol. The van der Waals surface area contributed by atoms with Crippen LogP contribution in [0, 0.1) is 0 Å². The summed E-state index contributed by atoms with van der Waals surface area (Å²) in [5, 5.41) is 3.42. The van der Waals surface area contributed by atoms with E-state index in [1.807, 2.05) is 24.3 Å². The lowest BCUT2D eigenvalue weighted by molar-refractivity contribution is 0.319. The number of nitrogens with one attached hydrogen (secondary N) is 1. The minimum absolute atomic E-state index is 0.747. The van der Waals surface area contributed by atoms with Crippen LogP contribution in [0.5, 0.6) is 5.75 Å². The highest BCUT2D eigenvalue weighted by Crippen LogP contribution is 2.24. The SMILES string of the molecule is CCCOc1ccccc1NCc1ccc(Br)cc1. The van der Waals surface area contributed by atoms with E-state index in [1.165, 1.54) is 5.56 Å². The Bertz CT molecular complexity index is 510. The molecule has 0 unspecified atom stereocenters. The Labute approximate surface area is 122 Å². The number of hydrogen-bond acceptors (Lipinski definition) is 2. The fourth-order valence-corrected chi connectivity index (χ4v) is 2.01. The molecular formula is C16H18BrNO. The summed E-state index contributed by atoms with van der Waals surface area (Å²) < 4.78 is 6.82. The van der Waals surface area contributed by atoms with Gasteiger partial charge in [0.25, 0.3) is 0 Å². The summed E-state index contributed by atoms with van der Waals surface area (Å²) in [5.74, 6) is 0.918. The molecule has 0 atom stereocenters. The van der Waals surface area contributed by atoms with Crippen molar-refractivity contribution in [1.82, 2.24) is 0 Å². The minimum Gasteiger partial charge on any atom is -0.491 e. The van der Waals surface area contributed by atoms with Crippen LogP contribution in [-0.2, 0) is 6.54 Å². The van der Waals surface area contributed by atoms with Gasteiger partial charge in [-0.1, -0.05) is 47.1 Å². The molecule has 0 heterocycles. The largest absolute Gasteiger partial charge is 0.491 e. The highest BCUT2D eigenvalue weighted by molar-refractivity contribution is 9.10. The van der Waals surface area contributed by atoms with Gasteiger partial charge in [-0.2, -0.15) is 0 Å². The van der Waals surface area contributed by atoms with Gasteiger partial charge in [-0.3, -0.25) is 0 Å². The topological polar surface area (TPSA) is 21.3 Å². The molecule has 0 aromatic heterocycles. The van der Waals surface area contributed by atoms with Crippen molar-refractivity contribution < 1.29 is 4.74 Å². The molecule has 0 radical (unpaired) electrons. The molecule has 0 saturated carbocycles. The second kappa shape index (κ2) is 7.19. The van der Waals surface area contributed by atoms with Gasteiger partial charge in [-0.15, -0.1) is 0 Å². The third-order valence-electron chi connectivity index (χ3n) is 2.74. The van der Waals surface area contributed by atoms with Gasteiger partial charge in [0, 0.05) is 11.0 Å². The molecule has 0 amide bonds. The van der Waals surface area contributed by atoms with Crippen LogP contribution in [0.3, 0.4) is 0 Å². The van der Waals surface area contributed by atoms with Crippen molar-refractivity contribution in [1.29, 1.82) is 0 Å². The summed E-state index contributed by atoms with van der Waals surface area (Å²) in [6, 6.07) is 16.4. The maximum Gasteiger partial charge on any atom is 0.142 e. The van der Waals surface area contributed by atoms with E-state index in [4.69, 9.17) is 4.74 Å². The molecule has 0 fully saturated rings. The standard InChI is InChI=1S/C16H18BrNO/c1-2-11-19-16-6-4-3-5-15(16)18-12-13-7-9-14(17)10-8-13/h3-10,18H,2,11-12H2,1H3. The Morgan fingerprint density at radius 2 is 1.79 bits per heavy atom. The van der Waals surface area contributed by atoms with Gasteiger partial charge in [-0.05, 0) is 36.2 Å². The van der Waals surface area contributed by atoms with Crippen LogP contribution in [0.1, 0.15) is 18.9 Å². The molecule has 0 aliphatic rings. The molecule has 2 aromatic rings. The van der Waals surface area contributed by atoms with Gasteiger partial charge < -0.3 is 10.1 Å². The summed E-state index contributed by atoms with van der Waals surface area (Å²) in [4.78, 5) is 0. The number of rotatable bonds is 6. The van der Waals surface area contributed by atoms with Crippen LogP contribution in [0.4, 0.5) is 5.69 Å². The molecule has 100 valence electrons. The average Bonchev–Trinajstić information content (AvgIpc) is 2.45. The zero-order chi connectivity index (χ0) is 13.5. The number of anilines is 1. The Morgan fingerprint density at radius 1 is 1.05 bits per heavy atom. The number of halogens is 1. The molecule has 0 aliphatic heterocycles. The third kappa shape index (κ3) is 4.28. The normalized spacial score (nSPS) is 10.2. The average molecular weight is 320 g/mol. The van der Waals surface area contributed by atoms with Crippen molar-refractivity contribution in [2.24, 2.45) is 0 Å². The number of ether oxygens (including phenoxy) is 1. The van der Waals surface area contributed by atoms with Gasteiger partial charge in [0.05, 0.1) is 12.3 Å². The monoisotopic (exact) mass is 319 g/mol. The zero-order valence-electron chi connectivity index (χ0n) is 11.0. The van der Waals surface area contributed by atoms with Crippen molar-refractivity contribution in [3.63, 3.8) is 0 Å².